The van der Waals surface area contributed by atoms with E-state index in [0.29, 0.717) is 17.1 Å². The molecular formula is C24H29N5O3. The van der Waals surface area contributed by atoms with Crippen molar-refractivity contribution in [3.63, 3.8) is 0 Å². The Bertz CT molecular complexity index is 1040. The van der Waals surface area contributed by atoms with E-state index < -0.39 is 0 Å². The molecule has 3 aromatic rings. The fourth-order valence-electron chi connectivity index (χ4n) is 4.11. The van der Waals surface area contributed by atoms with Gasteiger partial charge in [-0.3, -0.25) is 19.4 Å². The summed E-state index contributed by atoms with van der Waals surface area (Å²) >= 11 is 0. The van der Waals surface area contributed by atoms with Crippen LogP contribution in [0, 0.1) is 0 Å². The van der Waals surface area contributed by atoms with Crippen LogP contribution in [0.3, 0.4) is 0 Å². The number of amides is 1. The number of benzene rings is 1. The summed E-state index contributed by atoms with van der Waals surface area (Å²) in [6.45, 7) is 2.63. The highest BCUT2D eigenvalue weighted by Crippen LogP contribution is 2.28. The van der Waals surface area contributed by atoms with Gasteiger partial charge < -0.3 is 14.8 Å². The monoisotopic (exact) mass is 435 g/mol. The normalized spacial score (nSPS) is 14.8. The molecule has 1 saturated heterocycles. The highest BCUT2D eigenvalue weighted by molar-refractivity contribution is 5.99. The Hall–Kier alpha value is -3.39. The Morgan fingerprint density at radius 1 is 1.12 bits per heavy atom. The van der Waals surface area contributed by atoms with E-state index in [2.05, 4.69) is 26.4 Å². The van der Waals surface area contributed by atoms with Crippen molar-refractivity contribution in [1.29, 1.82) is 0 Å². The number of nitrogens with zero attached hydrogens (tertiary/aromatic N) is 4. The first-order valence-corrected chi connectivity index (χ1v) is 10.8. The first-order valence-electron chi connectivity index (χ1n) is 10.8. The van der Waals surface area contributed by atoms with Crippen LogP contribution in [0.1, 0.15) is 28.9 Å². The molecule has 2 aromatic heterocycles. The van der Waals surface area contributed by atoms with Gasteiger partial charge >= 0.3 is 0 Å². The molecule has 1 aromatic carbocycles. The molecule has 0 unspecified atom stereocenters. The highest BCUT2D eigenvalue weighted by atomic mass is 16.5. The van der Waals surface area contributed by atoms with Crippen molar-refractivity contribution in [3.8, 4) is 22.8 Å². The molecule has 0 aliphatic carbocycles. The van der Waals surface area contributed by atoms with Gasteiger partial charge in [-0.25, -0.2) is 0 Å². The fraction of sp³-hybridized carbons (Fsp3) is 0.375. The molecule has 168 valence electrons. The van der Waals surface area contributed by atoms with E-state index in [9.17, 15) is 4.79 Å². The number of nitrogens with one attached hydrogen (secondary N) is 1. The molecule has 8 heteroatoms. The largest absolute Gasteiger partial charge is 0.496 e. The zero-order chi connectivity index (χ0) is 22.5. The van der Waals surface area contributed by atoms with Crippen LogP contribution in [0.2, 0.25) is 0 Å². The maximum Gasteiger partial charge on any atom is 0.259 e. The number of likely N-dealkylation sites (tertiary alicyclic amines) is 1. The molecule has 3 heterocycles. The molecule has 4 rings (SSSR count). The number of methoxy groups -OCH3 is 2. The van der Waals surface area contributed by atoms with Gasteiger partial charge in [-0.15, -0.1) is 0 Å². The minimum atomic E-state index is -0.162. The summed E-state index contributed by atoms with van der Waals surface area (Å²) in [6.07, 6.45) is 5.37. The number of aromatic nitrogens is 3. The van der Waals surface area contributed by atoms with Crippen molar-refractivity contribution < 1.29 is 14.3 Å². The Balaban J connectivity index is 1.35. The standard InChI is InChI=1S/C24H29N5O3/c1-28-19(14-20(27-28)17-6-5-11-25-15-17)16-29-12-9-18(10-13-29)26-24(30)23-21(31-2)7-4-8-22(23)32-3/h4-8,11,14-15,18H,9-10,12-13,16H2,1-3H3,(H,26,30). The number of hydrogen-bond donors (Lipinski definition) is 1. The summed E-state index contributed by atoms with van der Waals surface area (Å²) in [4.78, 5) is 19.5. The van der Waals surface area contributed by atoms with Crippen LogP contribution in [0.4, 0.5) is 0 Å². The summed E-state index contributed by atoms with van der Waals surface area (Å²) in [5, 5.41) is 7.79. The summed E-state index contributed by atoms with van der Waals surface area (Å²) in [5.74, 6) is 0.866. The lowest BCUT2D eigenvalue weighted by atomic mass is 10.0. The second-order valence-electron chi connectivity index (χ2n) is 7.95. The molecule has 1 N–H and O–H groups in total. The topological polar surface area (TPSA) is 81.5 Å². The van der Waals surface area contributed by atoms with Gasteiger partial charge in [-0.05, 0) is 43.2 Å². The minimum absolute atomic E-state index is 0.117. The summed E-state index contributed by atoms with van der Waals surface area (Å²) in [7, 11) is 5.09. The summed E-state index contributed by atoms with van der Waals surface area (Å²) in [6, 6.07) is 11.5. The van der Waals surface area contributed by atoms with Crippen LogP contribution < -0.4 is 14.8 Å². The third kappa shape index (κ3) is 4.75. The van der Waals surface area contributed by atoms with Crippen molar-refractivity contribution in [2.24, 2.45) is 7.05 Å². The van der Waals surface area contributed by atoms with E-state index >= 15 is 0 Å². The number of hydrogen-bond acceptors (Lipinski definition) is 6. The van der Waals surface area contributed by atoms with Crippen molar-refractivity contribution in [2.45, 2.75) is 25.4 Å². The van der Waals surface area contributed by atoms with Crippen molar-refractivity contribution in [1.82, 2.24) is 25.0 Å². The Morgan fingerprint density at radius 3 is 2.47 bits per heavy atom. The zero-order valence-corrected chi connectivity index (χ0v) is 18.7. The lowest BCUT2D eigenvalue weighted by Gasteiger charge is -2.32. The van der Waals surface area contributed by atoms with Gasteiger partial charge in [0.1, 0.15) is 17.1 Å². The summed E-state index contributed by atoms with van der Waals surface area (Å²) < 4.78 is 12.7. The second kappa shape index (κ2) is 9.82. The lowest BCUT2D eigenvalue weighted by molar-refractivity contribution is 0.0902. The van der Waals surface area contributed by atoms with E-state index in [4.69, 9.17) is 9.47 Å². The zero-order valence-electron chi connectivity index (χ0n) is 18.7. The van der Waals surface area contributed by atoms with E-state index in [1.165, 1.54) is 0 Å². The average molecular weight is 436 g/mol. The van der Waals surface area contributed by atoms with Gasteiger partial charge in [0.25, 0.3) is 5.91 Å². The molecule has 0 atom stereocenters. The number of carbonyl (C=O) groups excluding carboxylic acids is 1. The smallest absolute Gasteiger partial charge is 0.259 e. The molecule has 0 bridgehead atoms. The van der Waals surface area contributed by atoms with Crippen molar-refractivity contribution in [3.05, 3.63) is 60.0 Å². The molecule has 1 fully saturated rings. The van der Waals surface area contributed by atoms with Crippen molar-refractivity contribution >= 4 is 5.91 Å². The number of pyridine rings is 1. The number of piperidine rings is 1. The van der Waals surface area contributed by atoms with Crippen LogP contribution in [-0.4, -0.2) is 58.9 Å². The van der Waals surface area contributed by atoms with Crippen molar-refractivity contribution in [2.75, 3.05) is 27.3 Å². The SMILES string of the molecule is COc1cccc(OC)c1C(=O)NC1CCN(Cc2cc(-c3cccnc3)nn2C)CC1. The third-order valence-corrected chi connectivity index (χ3v) is 5.90. The molecule has 0 spiro atoms. The van der Waals surface area contributed by atoms with Crippen LogP contribution in [0.15, 0.2) is 48.8 Å². The van der Waals surface area contributed by atoms with Crippen LogP contribution >= 0.6 is 0 Å². The highest BCUT2D eigenvalue weighted by Gasteiger charge is 2.25. The van der Waals surface area contributed by atoms with Gasteiger partial charge in [-0.2, -0.15) is 5.10 Å². The molecule has 1 amide bonds. The Morgan fingerprint density at radius 2 is 1.84 bits per heavy atom. The van der Waals surface area contributed by atoms with Gasteiger partial charge in [0.15, 0.2) is 0 Å². The number of rotatable bonds is 7. The van der Waals surface area contributed by atoms with Gasteiger partial charge in [-0.1, -0.05) is 6.07 Å². The minimum Gasteiger partial charge on any atom is -0.496 e. The molecule has 1 aliphatic rings. The Kier molecular flexibility index (Phi) is 6.70. The number of carbonyl (C=O) groups is 1. The second-order valence-corrected chi connectivity index (χ2v) is 7.95. The maximum absolute atomic E-state index is 12.9. The molecule has 0 saturated carbocycles. The first-order chi connectivity index (χ1) is 15.6. The summed E-state index contributed by atoms with van der Waals surface area (Å²) in [5.41, 5.74) is 3.55. The molecular weight excluding hydrogens is 406 g/mol. The predicted octanol–water partition coefficient (Wildman–Crippen LogP) is 2.89. The van der Waals surface area contributed by atoms with E-state index in [1.807, 2.05) is 36.1 Å². The predicted molar refractivity (Wildman–Crippen MR) is 122 cm³/mol. The van der Waals surface area contributed by atoms with Crippen LogP contribution in [-0.2, 0) is 13.6 Å². The molecule has 8 nitrogen and oxygen atoms in total. The van der Waals surface area contributed by atoms with E-state index in [1.54, 1.807) is 32.5 Å². The van der Waals surface area contributed by atoms with E-state index in [0.717, 1.165) is 49.4 Å². The van der Waals surface area contributed by atoms with Crippen LogP contribution in [0.5, 0.6) is 11.5 Å². The first kappa shape index (κ1) is 21.8. The Labute approximate surface area is 188 Å². The van der Waals surface area contributed by atoms with Crippen LogP contribution in [0.25, 0.3) is 11.3 Å². The van der Waals surface area contributed by atoms with Gasteiger partial charge in [0.05, 0.1) is 25.6 Å². The maximum atomic E-state index is 12.9. The molecule has 32 heavy (non-hydrogen) atoms. The number of ether oxygens (including phenoxy) is 2. The average Bonchev–Trinajstić information content (AvgIpc) is 3.20. The van der Waals surface area contributed by atoms with E-state index in [-0.39, 0.29) is 11.9 Å². The van der Waals surface area contributed by atoms with Gasteiger partial charge in [0.2, 0.25) is 0 Å². The molecule has 0 radical (unpaired) electrons. The number of aryl methyl sites for hydroxylation is 1. The quantitative estimate of drug-likeness (QED) is 0.615. The van der Waals surface area contributed by atoms with Gasteiger partial charge in [0, 0.05) is 50.7 Å². The molecule has 1 aliphatic heterocycles. The fourth-order valence-corrected chi connectivity index (χ4v) is 4.11. The third-order valence-electron chi connectivity index (χ3n) is 5.90. The lowest BCUT2D eigenvalue weighted by Crippen LogP contribution is -2.44.